The molecule has 1 unspecified atom stereocenters. The van der Waals surface area contributed by atoms with Gasteiger partial charge in [-0.1, -0.05) is 85.0 Å². The highest BCUT2D eigenvalue weighted by molar-refractivity contribution is 6.36. The predicted molar refractivity (Wildman–Crippen MR) is 139 cm³/mol. The highest BCUT2D eigenvalue weighted by Crippen LogP contribution is 2.37. The summed E-state index contributed by atoms with van der Waals surface area (Å²) < 4.78 is 0. The first-order chi connectivity index (χ1) is 15.8. The Morgan fingerprint density at radius 1 is 0.909 bits per heavy atom. The van der Waals surface area contributed by atoms with Crippen molar-refractivity contribution in [1.82, 2.24) is 4.90 Å². The summed E-state index contributed by atoms with van der Waals surface area (Å²) in [6, 6.07) is 21.7. The Balaban J connectivity index is 1.56. The second kappa shape index (κ2) is 10.4. The fourth-order valence-electron chi connectivity index (χ4n) is 4.29. The minimum Gasteiger partial charge on any atom is -0.360 e. The third-order valence-electron chi connectivity index (χ3n) is 6.21. The molecule has 33 heavy (non-hydrogen) atoms. The highest BCUT2D eigenvalue weighted by atomic mass is 35.5. The number of hydrogen-bond donors (Lipinski definition) is 0. The maximum atomic E-state index is 13.2. The van der Waals surface area contributed by atoms with Crippen LogP contribution in [0.1, 0.15) is 42.5 Å². The van der Waals surface area contributed by atoms with E-state index in [-0.39, 0.29) is 11.9 Å². The second-order valence-electron chi connectivity index (χ2n) is 8.77. The van der Waals surface area contributed by atoms with Crippen LogP contribution in [-0.2, 0) is 11.2 Å². The number of halogens is 3. The van der Waals surface area contributed by atoms with Gasteiger partial charge in [-0.25, -0.2) is 0 Å². The topological polar surface area (TPSA) is 23.6 Å². The first-order valence-electron chi connectivity index (χ1n) is 11.2. The molecule has 1 fully saturated rings. The Bertz CT molecular complexity index is 1110. The van der Waals surface area contributed by atoms with E-state index in [4.69, 9.17) is 34.8 Å². The Kier molecular flexibility index (Phi) is 7.53. The van der Waals surface area contributed by atoms with Crippen LogP contribution in [-0.4, -0.2) is 30.4 Å². The van der Waals surface area contributed by atoms with Crippen LogP contribution in [0.3, 0.4) is 0 Å². The summed E-state index contributed by atoms with van der Waals surface area (Å²) in [5, 5.41) is 1.89. The van der Waals surface area contributed by atoms with Crippen LogP contribution in [0.2, 0.25) is 15.1 Å². The number of benzene rings is 3. The molecule has 0 aromatic heterocycles. The van der Waals surface area contributed by atoms with Crippen molar-refractivity contribution in [3.63, 3.8) is 0 Å². The quantitative estimate of drug-likeness (QED) is 0.363. The third kappa shape index (κ3) is 5.66. The van der Waals surface area contributed by atoms with Gasteiger partial charge in [-0.3, -0.25) is 4.79 Å². The van der Waals surface area contributed by atoms with Gasteiger partial charge in [0.05, 0.1) is 23.2 Å². The lowest BCUT2D eigenvalue weighted by molar-refractivity contribution is -0.131. The van der Waals surface area contributed by atoms with Crippen molar-refractivity contribution in [3.8, 4) is 0 Å². The number of carbonyl (C=O) groups excluding carboxylic acids is 1. The summed E-state index contributed by atoms with van der Waals surface area (Å²) in [7, 11) is 0. The molecule has 3 aromatic rings. The molecule has 0 saturated carbocycles. The van der Waals surface area contributed by atoms with Crippen LogP contribution in [0.15, 0.2) is 66.7 Å². The fourth-order valence-corrected chi connectivity index (χ4v) is 4.93. The average molecular weight is 502 g/mol. The largest absolute Gasteiger partial charge is 0.360 e. The molecule has 1 heterocycles. The summed E-state index contributed by atoms with van der Waals surface area (Å²) in [5.74, 6) is 0.607. The number of hydrogen-bond acceptors (Lipinski definition) is 2. The van der Waals surface area contributed by atoms with E-state index < -0.39 is 0 Å². The van der Waals surface area contributed by atoms with Crippen LogP contribution < -0.4 is 4.90 Å². The van der Waals surface area contributed by atoms with E-state index in [9.17, 15) is 4.79 Å². The summed E-state index contributed by atoms with van der Waals surface area (Å²) in [6.45, 7) is 6.22. The molecule has 3 aromatic carbocycles. The molecule has 0 N–H and O–H groups in total. The van der Waals surface area contributed by atoms with Crippen molar-refractivity contribution >= 4 is 46.4 Å². The molecule has 1 aliphatic rings. The van der Waals surface area contributed by atoms with Gasteiger partial charge in [-0.05, 0) is 52.9 Å². The van der Waals surface area contributed by atoms with Crippen LogP contribution in [0, 0.1) is 0 Å². The van der Waals surface area contributed by atoms with E-state index in [0.29, 0.717) is 47.0 Å². The molecule has 1 aliphatic heterocycles. The van der Waals surface area contributed by atoms with E-state index in [1.165, 1.54) is 5.56 Å². The van der Waals surface area contributed by atoms with Gasteiger partial charge in [0.1, 0.15) is 0 Å². The molecule has 1 saturated heterocycles. The zero-order chi connectivity index (χ0) is 23.5. The normalized spacial score (nSPS) is 16.4. The monoisotopic (exact) mass is 500 g/mol. The van der Waals surface area contributed by atoms with Gasteiger partial charge in [0, 0.05) is 29.7 Å². The van der Waals surface area contributed by atoms with Gasteiger partial charge in [0.25, 0.3) is 0 Å². The predicted octanol–water partition coefficient (Wildman–Crippen LogP) is 7.40. The molecular formula is C27H27Cl3N2O. The van der Waals surface area contributed by atoms with Crippen molar-refractivity contribution in [2.45, 2.75) is 32.2 Å². The first-order valence-corrected chi connectivity index (χ1v) is 12.3. The lowest BCUT2D eigenvalue weighted by atomic mass is 9.99. The molecule has 0 spiro atoms. The number of amides is 1. The van der Waals surface area contributed by atoms with E-state index in [1.807, 2.05) is 41.3 Å². The Morgan fingerprint density at radius 2 is 1.58 bits per heavy atom. The summed E-state index contributed by atoms with van der Waals surface area (Å²) in [6.07, 6.45) is 0.396. The van der Waals surface area contributed by atoms with Gasteiger partial charge < -0.3 is 9.80 Å². The lowest BCUT2D eigenvalue weighted by Crippen LogP contribution is -2.51. The highest BCUT2D eigenvalue weighted by Gasteiger charge is 2.31. The summed E-state index contributed by atoms with van der Waals surface area (Å²) in [4.78, 5) is 17.4. The number of piperazine rings is 1. The van der Waals surface area contributed by atoms with E-state index in [2.05, 4.69) is 43.0 Å². The minimum absolute atomic E-state index is 0.0399. The SMILES string of the molecule is CC(C)c1ccc(CC(=O)N2CCN(c3ccc(Cl)cc3Cl)C(c3ccc(Cl)cc3)C2)cc1. The van der Waals surface area contributed by atoms with Crippen molar-refractivity contribution in [2.75, 3.05) is 24.5 Å². The molecular weight excluding hydrogens is 475 g/mol. The molecule has 3 nitrogen and oxygen atoms in total. The smallest absolute Gasteiger partial charge is 0.227 e. The van der Waals surface area contributed by atoms with E-state index >= 15 is 0 Å². The Morgan fingerprint density at radius 3 is 2.21 bits per heavy atom. The molecule has 6 heteroatoms. The number of carbonyl (C=O) groups is 1. The third-order valence-corrected chi connectivity index (χ3v) is 7.00. The van der Waals surface area contributed by atoms with Crippen molar-refractivity contribution in [1.29, 1.82) is 0 Å². The van der Waals surface area contributed by atoms with E-state index in [1.54, 1.807) is 6.07 Å². The van der Waals surface area contributed by atoms with Crippen molar-refractivity contribution in [3.05, 3.63) is 98.5 Å². The zero-order valence-electron chi connectivity index (χ0n) is 18.8. The second-order valence-corrected chi connectivity index (χ2v) is 10.0. The van der Waals surface area contributed by atoms with Crippen LogP contribution in [0.4, 0.5) is 5.69 Å². The molecule has 1 atom stereocenters. The van der Waals surface area contributed by atoms with Gasteiger partial charge in [0.15, 0.2) is 0 Å². The zero-order valence-corrected chi connectivity index (χ0v) is 21.0. The first kappa shape index (κ1) is 23.9. The Labute approximate surface area is 210 Å². The summed E-state index contributed by atoms with van der Waals surface area (Å²) >= 11 is 18.8. The number of nitrogens with zero attached hydrogens (tertiary/aromatic N) is 2. The van der Waals surface area contributed by atoms with Crippen molar-refractivity contribution in [2.24, 2.45) is 0 Å². The van der Waals surface area contributed by atoms with Crippen LogP contribution >= 0.6 is 34.8 Å². The minimum atomic E-state index is -0.0399. The summed E-state index contributed by atoms with van der Waals surface area (Å²) in [5.41, 5.74) is 4.32. The van der Waals surface area contributed by atoms with Crippen LogP contribution in [0.5, 0.6) is 0 Å². The molecule has 172 valence electrons. The Hall–Kier alpha value is -2.20. The number of anilines is 1. The van der Waals surface area contributed by atoms with Gasteiger partial charge in [0.2, 0.25) is 5.91 Å². The van der Waals surface area contributed by atoms with Crippen LogP contribution in [0.25, 0.3) is 0 Å². The van der Waals surface area contributed by atoms with Gasteiger partial charge >= 0.3 is 0 Å². The molecule has 0 aliphatic carbocycles. The van der Waals surface area contributed by atoms with E-state index in [0.717, 1.165) is 16.8 Å². The fraction of sp³-hybridized carbons (Fsp3) is 0.296. The van der Waals surface area contributed by atoms with Crippen molar-refractivity contribution < 1.29 is 4.79 Å². The molecule has 0 bridgehead atoms. The maximum Gasteiger partial charge on any atom is 0.227 e. The molecule has 4 rings (SSSR count). The van der Waals surface area contributed by atoms with Gasteiger partial charge in [-0.2, -0.15) is 0 Å². The molecule has 1 amide bonds. The molecule has 0 radical (unpaired) electrons. The number of rotatable bonds is 5. The maximum absolute atomic E-state index is 13.2. The lowest BCUT2D eigenvalue weighted by Gasteiger charge is -2.43. The average Bonchev–Trinajstić information content (AvgIpc) is 2.80. The van der Waals surface area contributed by atoms with Gasteiger partial charge in [-0.15, -0.1) is 0 Å². The standard InChI is InChI=1S/C27H27Cl3N2O/c1-18(2)20-5-3-19(4-6-20)15-27(33)31-13-14-32(25-12-11-23(29)16-24(25)30)26(17-31)21-7-9-22(28)10-8-21/h3-12,16,18,26H,13-15,17H2,1-2H3.